The van der Waals surface area contributed by atoms with Crippen LogP contribution in [-0.2, 0) is 6.61 Å². The summed E-state index contributed by atoms with van der Waals surface area (Å²) in [5, 5.41) is 18.2. The van der Waals surface area contributed by atoms with E-state index in [0.717, 1.165) is 0 Å². The van der Waals surface area contributed by atoms with Crippen LogP contribution in [0, 0.1) is 0 Å². The maximum Gasteiger partial charge on any atom is 0.175 e. The molecule has 0 radical (unpaired) electrons. The van der Waals surface area contributed by atoms with Crippen molar-refractivity contribution < 1.29 is 9.84 Å². The van der Waals surface area contributed by atoms with Gasteiger partial charge in [-0.25, -0.2) is 0 Å². The lowest BCUT2D eigenvalue weighted by Gasteiger charge is -2.06. The summed E-state index contributed by atoms with van der Waals surface area (Å²) in [7, 11) is 0. The summed E-state index contributed by atoms with van der Waals surface area (Å²) in [6.07, 6.45) is 1.78. The summed E-state index contributed by atoms with van der Waals surface area (Å²) in [5.74, 6) is 1.14. The number of hydrogen-bond acceptors (Lipinski definition) is 4. The Morgan fingerprint density at radius 2 is 2.05 bits per heavy atom. The zero-order valence-electron chi connectivity index (χ0n) is 9.82. The van der Waals surface area contributed by atoms with Gasteiger partial charge >= 0.3 is 0 Å². The summed E-state index contributed by atoms with van der Waals surface area (Å²) >= 11 is 5.88. The van der Waals surface area contributed by atoms with Gasteiger partial charge in [-0.15, -0.1) is 10.2 Å². The van der Waals surface area contributed by atoms with Gasteiger partial charge in [-0.05, 0) is 18.2 Å². The Labute approximate surface area is 114 Å². The number of para-hydroxylation sites is 2. The van der Waals surface area contributed by atoms with Crippen LogP contribution in [-0.4, -0.2) is 19.7 Å². The average Bonchev–Trinajstić information content (AvgIpc) is 2.80. The molecule has 1 N–H and O–H groups in total. The molecule has 5 nitrogen and oxygen atoms in total. The van der Waals surface area contributed by atoms with E-state index < -0.39 is 0 Å². The highest BCUT2D eigenvalue weighted by Crippen LogP contribution is 2.25. The minimum Gasteiger partial charge on any atom is -0.504 e. The van der Waals surface area contributed by atoms with Crippen LogP contribution in [0.5, 0.6) is 11.5 Å². The first-order valence-corrected chi connectivity index (χ1v) is 6.02. The van der Waals surface area contributed by atoms with Crippen LogP contribution in [0.1, 0.15) is 5.82 Å². The molecule has 0 aliphatic carbocycles. The second kappa shape index (κ2) is 4.78. The van der Waals surface area contributed by atoms with Crippen molar-refractivity contribution in [1.82, 2.24) is 14.6 Å². The monoisotopic (exact) mass is 275 g/mol. The molecule has 0 aliphatic heterocycles. The SMILES string of the molecule is Oc1ccccc1OCc1nnc2cc(Cl)ccn12. The first kappa shape index (κ1) is 11.8. The van der Waals surface area contributed by atoms with Crippen molar-refractivity contribution >= 4 is 17.2 Å². The van der Waals surface area contributed by atoms with E-state index in [1.807, 2.05) is 0 Å². The molecular formula is C13H10ClN3O2. The standard InChI is InChI=1S/C13H10ClN3O2/c14-9-5-6-17-12(7-9)15-16-13(17)8-19-11-4-2-1-3-10(11)18/h1-7,18H,8H2. The molecule has 0 spiro atoms. The minimum atomic E-state index is 0.0966. The third-order valence-electron chi connectivity index (χ3n) is 2.66. The summed E-state index contributed by atoms with van der Waals surface area (Å²) in [4.78, 5) is 0. The number of phenols is 1. The summed E-state index contributed by atoms with van der Waals surface area (Å²) in [5.41, 5.74) is 0.656. The molecule has 6 heteroatoms. The number of benzene rings is 1. The molecule has 0 saturated carbocycles. The number of rotatable bonds is 3. The number of fused-ring (bicyclic) bond motifs is 1. The van der Waals surface area contributed by atoms with Gasteiger partial charge in [-0.2, -0.15) is 0 Å². The lowest BCUT2D eigenvalue weighted by atomic mass is 10.3. The maximum atomic E-state index is 9.60. The molecule has 2 heterocycles. The van der Waals surface area contributed by atoms with Crippen molar-refractivity contribution in [3.05, 3.63) is 53.4 Å². The second-order valence-corrected chi connectivity index (χ2v) is 4.38. The molecule has 96 valence electrons. The van der Waals surface area contributed by atoms with Crippen molar-refractivity contribution in [2.75, 3.05) is 0 Å². The minimum absolute atomic E-state index is 0.0966. The first-order chi connectivity index (χ1) is 9.24. The van der Waals surface area contributed by atoms with Crippen molar-refractivity contribution in [2.45, 2.75) is 6.61 Å². The van der Waals surface area contributed by atoms with Crippen molar-refractivity contribution in [1.29, 1.82) is 0 Å². The smallest absolute Gasteiger partial charge is 0.175 e. The highest BCUT2D eigenvalue weighted by atomic mass is 35.5. The number of aromatic hydroxyl groups is 1. The van der Waals surface area contributed by atoms with Crippen LogP contribution in [0.4, 0.5) is 0 Å². The number of phenolic OH excluding ortho intramolecular Hbond substituents is 1. The fourth-order valence-electron chi connectivity index (χ4n) is 1.74. The number of halogens is 1. The highest BCUT2D eigenvalue weighted by Gasteiger charge is 2.08. The second-order valence-electron chi connectivity index (χ2n) is 3.95. The average molecular weight is 276 g/mol. The molecule has 0 fully saturated rings. The van der Waals surface area contributed by atoms with Gasteiger partial charge in [0.1, 0.15) is 6.61 Å². The summed E-state index contributed by atoms with van der Waals surface area (Å²) in [6.45, 7) is 0.209. The van der Waals surface area contributed by atoms with E-state index in [9.17, 15) is 5.11 Å². The van der Waals surface area contributed by atoms with E-state index in [1.165, 1.54) is 0 Å². The predicted molar refractivity (Wildman–Crippen MR) is 70.4 cm³/mol. The Morgan fingerprint density at radius 3 is 2.89 bits per heavy atom. The molecule has 3 aromatic rings. The van der Waals surface area contributed by atoms with Crippen molar-refractivity contribution in [2.24, 2.45) is 0 Å². The van der Waals surface area contributed by atoms with Gasteiger partial charge in [0.25, 0.3) is 0 Å². The molecule has 0 saturated heterocycles. The number of pyridine rings is 1. The Kier molecular flexibility index (Phi) is 2.97. The molecule has 3 rings (SSSR count). The molecule has 0 bridgehead atoms. The molecule has 0 aliphatic rings. The zero-order valence-corrected chi connectivity index (χ0v) is 10.6. The quantitative estimate of drug-likeness (QED) is 0.798. The fourth-order valence-corrected chi connectivity index (χ4v) is 1.89. The third kappa shape index (κ3) is 2.32. The first-order valence-electron chi connectivity index (χ1n) is 5.64. The van der Waals surface area contributed by atoms with Crippen LogP contribution in [0.3, 0.4) is 0 Å². The maximum absolute atomic E-state index is 9.60. The van der Waals surface area contributed by atoms with Gasteiger partial charge in [0, 0.05) is 17.3 Å². The van der Waals surface area contributed by atoms with Gasteiger partial charge in [0.05, 0.1) is 0 Å². The van der Waals surface area contributed by atoms with E-state index in [4.69, 9.17) is 16.3 Å². The third-order valence-corrected chi connectivity index (χ3v) is 2.90. The number of ether oxygens (including phenoxy) is 1. The van der Waals surface area contributed by atoms with Gasteiger partial charge in [0.2, 0.25) is 0 Å². The van der Waals surface area contributed by atoms with E-state index in [1.54, 1.807) is 47.0 Å². The van der Waals surface area contributed by atoms with Crippen LogP contribution in [0.15, 0.2) is 42.6 Å². The Morgan fingerprint density at radius 1 is 1.21 bits per heavy atom. The van der Waals surface area contributed by atoms with E-state index in [2.05, 4.69) is 10.2 Å². The predicted octanol–water partition coefficient (Wildman–Crippen LogP) is 2.67. The van der Waals surface area contributed by atoms with Crippen LogP contribution < -0.4 is 4.74 Å². The molecular weight excluding hydrogens is 266 g/mol. The summed E-state index contributed by atoms with van der Waals surface area (Å²) < 4.78 is 7.30. The molecule has 0 atom stereocenters. The number of nitrogens with zero attached hydrogens (tertiary/aromatic N) is 3. The van der Waals surface area contributed by atoms with Gasteiger partial charge in [0.15, 0.2) is 23.0 Å². The Hall–Kier alpha value is -2.27. The topological polar surface area (TPSA) is 59.7 Å². The van der Waals surface area contributed by atoms with E-state index >= 15 is 0 Å². The van der Waals surface area contributed by atoms with Crippen LogP contribution in [0.25, 0.3) is 5.65 Å². The Bertz CT molecular complexity index is 727. The Balaban J connectivity index is 1.84. The lowest BCUT2D eigenvalue weighted by molar-refractivity contribution is 0.279. The van der Waals surface area contributed by atoms with E-state index in [0.29, 0.717) is 22.2 Å². The van der Waals surface area contributed by atoms with Crippen LogP contribution >= 0.6 is 11.6 Å². The lowest BCUT2D eigenvalue weighted by Crippen LogP contribution is -2.01. The largest absolute Gasteiger partial charge is 0.504 e. The van der Waals surface area contributed by atoms with Crippen molar-refractivity contribution in [3.63, 3.8) is 0 Å². The van der Waals surface area contributed by atoms with Gasteiger partial charge in [-0.1, -0.05) is 23.7 Å². The van der Waals surface area contributed by atoms with Crippen molar-refractivity contribution in [3.8, 4) is 11.5 Å². The number of hydrogen-bond donors (Lipinski definition) is 1. The molecule has 1 aromatic carbocycles. The normalized spacial score (nSPS) is 10.8. The molecule has 2 aromatic heterocycles. The highest BCUT2D eigenvalue weighted by molar-refractivity contribution is 6.30. The van der Waals surface area contributed by atoms with Crippen LogP contribution in [0.2, 0.25) is 5.02 Å². The zero-order chi connectivity index (χ0) is 13.2. The summed E-state index contributed by atoms with van der Waals surface area (Å²) in [6, 6.07) is 10.2. The van der Waals surface area contributed by atoms with E-state index in [-0.39, 0.29) is 12.4 Å². The molecule has 19 heavy (non-hydrogen) atoms. The van der Waals surface area contributed by atoms with Gasteiger partial charge < -0.3 is 9.84 Å². The number of aromatic nitrogens is 3. The fraction of sp³-hybridized carbons (Fsp3) is 0.0769. The molecule has 0 unspecified atom stereocenters. The molecule has 0 amide bonds. The van der Waals surface area contributed by atoms with Gasteiger partial charge in [-0.3, -0.25) is 4.40 Å².